The number of rotatable bonds is 3. The van der Waals surface area contributed by atoms with E-state index in [9.17, 15) is 5.11 Å². The van der Waals surface area contributed by atoms with Gasteiger partial charge in [-0.05, 0) is 33.2 Å². The molecule has 1 rings (SSSR count). The van der Waals surface area contributed by atoms with Gasteiger partial charge in [0.1, 0.15) is 0 Å². The van der Waals surface area contributed by atoms with Crippen LogP contribution in [0.25, 0.3) is 0 Å². The van der Waals surface area contributed by atoms with E-state index in [1.165, 1.54) is 0 Å². The van der Waals surface area contributed by atoms with Crippen LogP contribution in [0.2, 0.25) is 0 Å². The molecule has 1 saturated heterocycles. The molecule has 72 valence electrons. The van der Waals surface area contributed by atoms with Gasteiger partial charge in [0.05, 0.1) is 12.7 Å². The van der Waals surface area contributed by atoms with E-state index in [1.807, 2.05) is 6.92 Å². The summed E-state index contributed by atoms with van der Waals surface area (Å²) < 4.78 is 0. The van der Waals surface area contributed by atoms with Crippen LogP contribution in [-0.2, 0) is 0 Å². The Kier molecular flexibility index (Phi) is 3.50. The molecule has 0 saturated carbocycles. The molecule has 1 aliphatic rings. The molecule has 3 unspecified atom stereocenters. The predicted octanol–water partition coefficient (Wildman–Crippen LogP) is 0.212. The summed E-state index contributed by atoms with van der Waals surface area (Å²) >= 11 is 0. The third-order valence-corrected chi connectivity index (χ3v) is 2.85. The van der Waals surface area contributed by atoms with Crippen molar-refractivity contribution < 1.29 is 10.2 Å². The Balaban J connectivity index is 2.49. The van der Waals surface area contributed by atoms with E-state index in [-0.39, 0.29) is 24.8 Å². The molecule has 1 aliphatic heterocycles. The second-order valence-corrected chi connectivity index (χ2v) is 3.70. The Morgan fingerprint density at radius 2 is 2.17 bits per heavy atom. The molecule has 3 nitrogen and oxygen atoms in total. The van der Waals surface area contributed by atoms with E-state index < -0.39 is 0 Å². The largest absolute Gasteiger partial charge is 0.395 e. The fraction of sp³-hybridized carbons (Fsp3) is 1.00. The molecule has 0 radical (unpaired) electrons. The van der Waals surface area contributed by atoms with Gasteiger partial charge in [-0.1, -0.05) is 0 Å². The minimum Gasteiger partial charge on any atom is -0.395 e. The first-order valence-electron chi connectivity index (χ1n) is 4.71. The van der Waals surface area contributed by atoms with Crippen molar-refractivity contribution in [3.63, 3.8) is 0 Å². The molecular weight excluding hydrogens is 154 g/mol. The van der Waals surface area contributed by atoms with Gasteiger partial charge in [-0.25, -0.2) is 0 Å². The average Bonchev–Trinajstić information content (AvgIpc) is 2.49. The van der Waals surface area contributed by atoms with E-state index in [2.05, 4.69) is 4.90 Å². The van der Waals surface area contributed by atoms with Gasteiger partial charge in [-0.3, -0.25) is 4.90 Å². The highest BCUT2D eigenvalue weighted by Crippen LogP contribution is 2.20. The van der Waals surface area contributed by atoms with E-state index >= 15 is 0 Å². The summed E-state index contributed by atoms with van der Waals surface area (Å²) in [6, 6.07) is 0.444. The fourth-order valence-corrected chi connectivity index (χ4v) is 1.87. The van der Waals surface area contributed by atoms with Crippen molar-refractivity contribution in [1.29, 1.82) is 0 Å². The molecule has 12 heavy (non-hydrogen) atoms. The van der Waals surface area contributed by atoms with Crippen LogP contribution < -0.4 is 0 Å². The zero-order valence-corrected chi connectivity index (χ0v) is 7.90. The van der Waals surface area contributed by atoms with Gasteiger partial charge in [0.2, 0.25) is 0 Å². The van der Waals surface area contributed by atoms with E-state index in [0.29, 0.717) is 0 Å². The number of hydrogen-bond donors (Lipinski definition) is 2. The van der Waals surface area contributed by atoms with Gasteiger partial charge in [0.15, 0.2) is 0 Å². The van der Waals surface area contributed by atoms with Crippen LogP contribution >= 0.6 is 0 Å². The summed E-state index contributed by atoms with van der Waals surface area (Å²) in [6.07, 6.45) is 1.90. The topological polar surface area (TPSA) is 43.7 Å². The lowest BCUT2D eigenvalue weighted by Crippen LogP contribution is -2.44. The number of hydrogen-bond acceptors (Lipinski definition) is 3. The highest BCUT2D eigenvalue weighted by atomic mass is 16.3. The number of likely N-dealkylation sites (tertiary alicyclic amines) is 1. The first kappa shape index (κ1) is 9.96. The molecule has 3 heteroatoms. The molecule has 0 amide bonds. The smallest absolute Gasteiger partial charge is 0.0664 e. The van der Waals surface area contributed by atoms with Crippen LogP contribution in [0.1, 0.15) is 26.7 Å². The lowest BCUT2D eigenvalue weighted by atomic mass is 10.1. The van der Waals surface area contributed by atoms with Crippen LogP contribution in [0.15, 0.2) is 0 Å². The van der Waals surface area contributed by atoms with Crippen molar-refractivity contribution >= 4 is 0 Å². The Bertz CT molecular complexity index is 138. The van der Waals surface area contributed by atoms with Crippen molar-refractivity contribution in [2.24, 2.45) is 0 Å². The summed E-state index contributed by atoms with van der Waals surface area (Å²) in [6.45, 7) is 5.05. The third kappa shape index (κ3) is 1.97. The highest BCUT2D eigenvalue weighted by Gasteiger charge is 2.29. The normalized spacial score (nSPS) is 30.5. The second-order valence-electron chi connectivity index (χ2n) is 3.70. The fourth-order valence-electron chi connectivity index (χ4n) is 1.87. The van der Waals surface area contributed by atoms with Crippen LogP contribution in [-0.4, -0.2) is 46.5 Å². The molecule has 1 heterocycles. The van der Waals surface area contributed by atoms with E-state index in [4.69, 9.17) is 5.11 Å². The SMILES string of the molecule is CC(O)C(C)N1CCCC1CO. The van der Waals surface area contributed by atoms with Crippen molar-refractivity contribution in [2.45, 2.75) is 44.9 Å². The van der Waals surface area contributed by atoms with E-state index in [1.54, 1.807) is 6.92 Å². The van der Waals surface area contributed by atoms with Gasteiger partial charge in [0, 0.05) is 12.1 Å². The molecule has 0 bridgehead atoms. The molecule has 1 fully saturated rings. The van der Waals surface area contributed by atoms with Gasteiger partial charge in [-0.2, -0.15) is 0 Å². The van der Waals surface area contributed by atoms with Crippen LogP contribution in [0.3, 0.4) is 0 Å². The Labute approximate surface area is 74.0 Å². The number of aliphatic hydroxyl groups is 2. The number of nitrogens with zero attached hydrogens (tertiary/aromatic N) is 1. The maximum Gasteiger partial charge on any atom is 0.0664 e. The third-order valence-electron chi connectivity index (χ3n) is 2.85. The molecule has 3 atom stereocenters. The molecular formula is C9H19NO2. The Morgan fingerprint density at radius 3 is 2.67 bits per heavy atom. The van der Waals surface area contributed by atoms with Gasteiger partial charge < -0.3 is 10.2 Å². The molecule has 2 N–H and O–H groups in total. The standard InChI is InChI=1S/C9H19NO2/c1-7(8(2)12)10-5-3-4-9(10)6-11/h7-9,11-12H,3-6H2,1-2H3. The summed E-state index contributed by atoms with van der Waals surface area (Å²) in [5.41, 5.74) is 0. The maximum absolute atomic E-state index is 9.37. The van der Waals surface area contributed by atoms with Crippen molar-refractivity contribution in [2.75, 3.05) is 13.2 Å². The Hall–Kier alpha value is -0.120. The van der Waals surface area contributed by atoms with Gasteiger partial charge in [-0.15, -0.1) is 0 Å². The monoisotopic (exact) mass is 173 g/mol. The lowest BCUT2D eigenvalue weighted by Gasteiger charge is -2.31. The molecule has 0 spiro atoms. The lowest BCUT2D eigenvalue weighted by molar-refractivity contribution is 0.0456. The van der Waals surface area contributed by atoms with Crippen LogP contribution in [0.4, 0.5) is 0 Å². The van der Waals surface area contributed by atoms with Crippen molar-refractivity contribution in [1.82, 2.24) is 4.90 Å². The minimum atomic E-state index is -0.308. The first-order valence-corrected chi connectivity index (χ1v) is 4.71. The van der Waals surface area contributed by atoms with E-state index in [0.717, 1.165) is 19.4 Å². The summed E-state index contributed by atoms with van der Waals surface area (Å²) in [4.78, 5) is 2.20. The zero-order valence-electron chi connectivity index (χ0n) is 7.90. The average molecular weight is 173 g/mol. The van der Waals surface area contributed by atoms with Crippen LogP contribution in [0, 0.1) is 0 Å². The molecule has 0 aromatic rings. The summed E-state index contributed by atoms with van der Waals surface area (Å²) in [5.74, 6) is 0. The molecule has 0 aromatic carbocycles. The molecule has 0 aromatic heterocycles. The van der Waals surface area contributed by atoms with Crippen LogP contribution in [0.5, 0.6) is 0 Å². The van der Waals surface area contributed by atoms with Gasteiger partial charge in [0.25, 0.3) is 0 Å². The number of aliphatic hydroxyl groups excluding tert-OH is 2. The first-order chi connectivity index (χ1) is 5.66. The molecule has 0 aliphatic carbocycles. The summed E-state index contributed by atoms with van der Waals surface area (Å²) in [5, 5.41) is 18.4. The minimum absolute atomic E-state index is 0.171. The quantitative estimate of drug-likeness (QED) is 0.641. The van der Waals surface area contributed by atoms with Gasteiger partial charge >= 0.3 is 0 Å². The maximum atomic E-state index is 9.37. The van der Waals surface area contributed by atoms with Crippen molar-refractivity contribution in [3.05, 3.63) is 0 Å². The second kappa shape index (κ2) is 4.21. The highest BCUT2D eigenvalue weighted by molar-refractivity contribution is 4.84. The van der Waals surface area contributed by atoms with Crippen molar-refractivity contribution in [3.8, 4) is 0 Å². The zero-order chi connectivity index (χ0) is 9.14. The predicted molar refractivity (Wildman–Crippen MR) is 48.0 cm³/mol. The summed E-state index contributed by atoms with van der Waals surface area (Å²) in [7, 11) is 0. The Morgan fingerprint density at radius 1 is 1.50 bits per heavy atom.